The van der Waals surface area contributed by atoms with Gasteiger partial charge in [-0.2, -0.15) is 0 Å². The van der Waals surface area contributed by atoms with Crippen LogP contribution in [0.3, 0.4) is 0 Å². The number of halogens is 1. The molecular formula is C16H11FN2O4. The Bertz CT molecular complexity index is 904. The lowest BCUT2D eigenvalue weighted by Crippen LogP contribution is -2.15. The lowest BCUT2D eigenvalue weighted by Gasteiger charge is -2.05. The van der Waals surface area contributed by atoms with Gasteiger partial charge >= 0.3 is 5.97 Å². The fourth-order valence-electron chi connectivity index (χ4n) is 2.02. The number of furan rings is 1. The molecule has 0 amide bonds. The van der Waals surface area contributed by atoms with Crippen molar-refractivity contribution in [2.24, 2.45) is 0 Å². The summed E-state index contributed by atoms with van der Waals surface area (Å²) in [5.41, 5.74) is 0.679. The predicted molar refractivity (Wildman–Crippen MR) is 77.6 cm³/mol. The molecule has 0 aliphatic rings. The Hall–Kier alpha value is -3.09. The molecule has 3 aromatic rings. The van der Waals surface area contributed by atoms with Gasteiger partial charge in [0.25, 0.3) is 0 Å². The van der Waals surface area contributed by atoms with E-state index in [1.54, 1.807) is 6.92 Å². The van der Waals surface area contributed by atoms with Crippen molar-refractivity contribution in [1.29, 1.82) is 0 Å². The van der Waals surface area contributed by atoms with Crippen LogP contribution in [0.4, 0.5) is 4.39 Å². The smallest absolute Gasteiger partial charge is 0.341 e. The van der Waals surface area contributed by atoms with Crippen molar-refractivity contribution in [3.63, 3.8) is 0 Å². The maximum absolute atomic E-state index is 14.0. The van der Waals surface area contributed by atoms with Crippen molar-refractivity contribution in [3.05, 3.63) is 59.6 Å². The number of carbonyl (C=O) groups is 2. The van der Waals surface area contributed by atoms with Crippen LogP contribution < -0.4 is 0 Å². The summed E-state index contributed by atoms with van der Waals surface area (Å²) in [6, 6.07) is 3.87. The van der Waals surface area contributed by atoms with E-state index in [0.29, 0.717) is 22.4 Å². The van der Waals surface area contributed by atoms with Crippen LogP contribution >= 0.6 is 0 Å². The average molecular weight is 314 g/mol. The van der Waals surface area contributed by atoms with Crippen molar-refractivity contribution in [1.82, 2.24) is 9.97 Å². The quantitative estimate of drug-likeness (QED) is 0.544. The molecule has 0 spiro atoms. The molecule has 3 rings (SSSR count). The van der Waals surface area contributed by atoms with Gasteiger partial charge in [-0.1, -0.05) is 0 Å². The van der Waals surface area contributed by atoms with Gasteiger partial charge in [0.1, 0.15) is 17.8 Å². The fourth-order valence-corrected chi connectivity index (χ4v) is 2.02. The van der Waals surface area contributed by atoms with Crippen LogP contribution in [-0.2, 0) is 4.74 Å². The molecule has 0 aliphatic carbocycles. The summed E-state index contributed by atoms with van der Waals surface area (Å²) in [5.74, 6) is -1.59. The molecule has 0 saturated heterocycles. The number of rotatable bonds is 4. The number of ether oxygens (including phenoxy) is 1. The van der Waals surface area contributed by atoms with Crippen molar-refractivity contribution in [2.45, 2.75) is 6.92 Å². The Morgan fingerprint density at radius 2 is 1.87 bits per heavy atom. The van der Waals surface area contributed by atoms with Gasteiger partial charge < -0.3 is 9.15 Å². The molecule has 0 radical (unpaired) electrons. The summed E-state index contributed by atoms with van der Waals surface area (Å²) < 4.78 is 23.8. The standard InChI is InChI=1S/C16H11FN2O4/c1-9-4-10(7-22-9)15(20)8-23-16(21)11-5-13-14(6-12(11)17)19-3-2-18-13/h2-7H,8H2,1H3. The number of ketones is 1. The number of benzene rings is 1. The molecule has 0 N–H and O–H groups in total. The number of aryl methyl sites for hydroxylation is 1. The van der Waals surface area contributed by atoms with Crippen LogP contribution in [0.15, 0.2) is 41.3 Å². The third kappa shape index (κ3) is 3.08. The maximum Gasteiger partial charge on any atom is 0.341 e. The highest BCUT2D eigenvalue weighted by Gasteiger charge is 2.18. The monoisotopic (exact) mass is 314 g/mol. The predicted octanol–water partition coefficient (Wildman–Crippen LogP) is 2.71. The molecule has 0 bridgehead atoms. The van der Waals surface area contributed by atoms with Gasteiger partial charge in [0, 0.05) is 18.5 Å². The first-order chi connectivity index (χ1) is 11.0. The number of hydrogen-bond acceptors (Lipinski definition) is 6. The molecular weight excluding hydrogens is 303 g/mol. The molecule has 2 heterocycles. The number of aromatic nitrogens is 2. The number of carbonyl (C=O) groups excluding carboxylic acids is 2. The highest BCUT2D eigenvalue weighted by atomic mass is 19.1. The van der Waals surface area contributed by atoms with E-state index in [2.05, 4.69) is 9.97 Å². The highest BCUT2D eigenvalue weighted by molar-refractivity contribution is 6.00. The third-order valence-electron chi connectivity index (χ3n) is 3.16. The number of esters is 1. The lowest BCUT2D eigenvalue weighted by molar-refractivity contribution is 0.0470. The zero-order chi connectivity index (χ0) is 16.4. The SMILES string of the molecule is Cc1cc(C(=O)COC(=O)c2cc3nccnc3cc2F)co1. The Balaban J connectivity index is 1.75. The summed E-state index contributed by atoms with van der Waals surface area (Å²) >= 11 is 0. The summed E-state index contributed by atoms with van der Waals surface area (Å²) in [7, 11) is 0. The zero-order valence-electron chi connectivity index (χ0n) is 12.1. The molecule has 0 saturated carbocycles. The minimum absolute atomic E-state index is 0.292. The van der Waals surface area contributed by atoms with E-state index in [4.69, 9.17) is 9.15 Å². The van der Waals surface area contributed by atoms with Gasteiger partial charge in [-0.3, -0.25) is 14.8 Å². The van der Waals surface area contributed by atoms with Crippen molar-refractivity contribution in [2.75, 3.05) is 6.61 Å². The highest BCUT2D eigenvalue weighted by Crippen LogP contribution is 2.16. The van der Waals surface area contributed by atoms with Crippen LogP contribution in [0.25, 0.3) is 11.0 Å². The second-order valence-electron chi connectivity index (χ2n) is 4.82. The first-order valence-electron chi connectivity index (χ1n) is 6.70. The Morgan fingerprint density at radius 1 is 1.17 bits per heavy atom. The van der Waals surface area contributed by atoms with Crippen LogP contribution in [0.5, 0.6) is 0 Å². The molecule has 23 heavy (non-hydrogen) atoms. The number of Topliss-reactive ketones (excluding diaryl/α,β-unsaturated/α-hetero) is 1. The fraction of sp³-hybridized carbons (Fsp3) is 0.125. The van der Waals surface area contributed by atoms with Gasteiger partial charge in [0.2, 0.25) is 5.78 Å². The molecule has 0 fully saturated rings. The van der Waals surface area contributed by atoms with E-state index in [-0.39, 0.29) is 5.56 Å². The molecule has 0 aliphatic heterocycles. The van der Waals surface area contributed by atoms with Crippen molar-refractivity contribution >= 4 is 22.8 Å². The Labute approximate surface area is 129 Å². The molecule has 2 aromatic heterocycles. The molecule has 1 aromatic carbocycles. The summed E-state index contributed by atoms with van der Waals surface area (Å²) in [6.45, 7) is 1.18. The number of hydrogen-bond donors (Lipinski definition) is 0. The van der Waals surface area contributed by atoms with Gasteiger partial charge in [0.05, 0.1) is 22.2 Å². The van der Waals surface area contributed by atoms with Gasteiger partial charge in [0.15, 0.2) is 6.61 Å². The van der Waals surface area contributed by atoms with E-state index in [9.17, 15) is 14.0 Å². The van der Waals surface area contributed by atoms with E-state index >= 15 is 0 Å². The maximum atomic E-state index is 14.0. The second-order valence-corrected chi connectivity index (χ2v) is 4.82. The topological polar surface area (TPSA) is 82.3 Å². The van der Waals surface area contributed by atoms with Crippen molar-refractivity contribution < 1.29 is 23.1 Å². The molecule has 0 unspecified atom stereocenters. The van der Waals surface area contributed by atoms with Crippen LogP contribution in [0.2, 0.25) is 0 Å². The van der Waals surface area contributed by atoms with Gasteiger partial charge in [-0.15, -0.1) is 0 Å². The van der Waals surface area contributed by atoms with E-state index in [0.717, 1.165) is 6.07 Å². The Morgan fingerprint density at radius 3 is 2.52 bits per heavy atom. The normalized spacial score (nSPS) is 10.7. The molecule has 6 nitrogen and oxygen atoms in total. The number of nitrogens with zero attached hydrogens (tertiary/aromatic N) is 2. The third-order valence-corrected chi connectivity index (χ3v) is 3.16. The van der Waals surface area contributed by atoms with E-state index in [1.807, 2.05) is 0 Å². The Kier molecular flexibility index (Phi) is 3.84. The average Bonchev–Trinajstić information content (AvgIpc) is 2.98. The van der Waals surface area contributed by atoms with E-state index in [1.165, 1.54) is 30.8 Å². The van der Waals surface area contributed by atoms with Crippen LogP contribution in [0, 0.1) is 12.7 Å². The number of fused-ring (bicyclic) bond motifs is 1. The van der Waals surface area contributed by atoms with Gasteiger partial charge in [-0.25, -0.2) is 9.18 Å². The minimum atomic E-state index is -0.941. The summed E-state index contributed by atoms with van der Waals surface area (Å²) in [5, 5.41) is 0. The van der Waals surface area contributed by atoms with Crippen LogP contribution in [0.1, 0.15) is 26.5 Å². The lowest BCUT2D eigenvalue weighted by atomic mass is 10.2. The van der Waals surface area contributed by atoms with Gasteiger partial charge in [-0.05, 0) is 19.1 Å². The minimum Gasteiger partial charge on any atom is -0.469 e. The van der Waals surface area contributed by atoms with E-state index < -0.39 is 24.2 Å². The largest absolute Gasteiger partial charge is 0.469 e. The van der Waals surface area contributed by atoms with Crippen LogP contribution in [-0.4, -0.2) is 28.3 Å². The first kappa shape index (κ1) is 14.8. The van der Waals surface area contributed by atoms with Crippen molar-refractivity contribution in [3.8, 4) is 0 Å². The summed E-state index contributed by atoms with van der Waals surface area (Å²) in [6.07, 6.45) is 4.13. The molecule has 116 valence electrons. The second kappa shape index (κ2) is 5.96. The molecule has 0 atom stereocenters. The summed E-state index contributed by atoms with van der Waals surface area (Å²) in [4.78, 5) is 31.7. The molecule has 7 heteroatoms. The first-order valence-corrected chi connectivity index (χ1v) is 6.70. The zero-order valence-corrected chi connectivity index (χ0v) is 12.1.